The van der Waals surface area contributed by atoms with Gasteiger partial charge in [0, 0.05) is 17.7 Å². The molecule has 0 amide bonds. The van der Waals surface area contributed by atoms with E-state index in [9.17, 15) is 8.42 Å². The predicted molar refractivity (Wildman–Crippen MR) is 78.9 cm³/mol. The first-order valence-corrected chi connectivity index (χ1v) is 8.64. The average Bonchev–Trinajstić information content (AvgIpc) is 2.80. The van der Waals surface area contributed by atoms with Gasteiger partial charge < -0.3 is 9.30 Å². The molecule has 0 spiro atoms. The van der Waals surface area contributed by atoms with E-state index in [0.717, 1.165) is 5.56 Å². The molecule has 0 saturated carbocycles. The lowest BCUT2D eigenvalue weighted by atomic mass is 10.0. The number of hydrogen-bond donors (Lipinski definition) is 0. The summed E-state index contributed by atoms with van der Waals surface area (Å²) in [5.41, 5.74) is 0.777. The van der Waals surface area contributed by atoms with Gasteiger partial charge in [0.15, 0.2) is 5.82 Å². The maximum Gasteiger partial charge on any atom is 0.261 e. The molecular weight excluding hydrogens is 314 g/mol. The van der Waals surface area contributed by atoms with Crippen LogP contribution < -0.4 is 4.74 Å². The zero-order valence-electron chi connectivity index (χ0n) is 11.9. The van der Waals surface area contributed by atoms with E-state index >= 15 is 0 Å². The smallest absolute Gasteiger partial charge is 0.261 e. The summed E-state index contributed by atoms with van der Waals surface area (Å²) in [6.07, 6.45) is 1.59. The Morgan fingerprint density at radius 3 is 2.62 bits per heavy atom. The Kier molecular flexibility index (Phi) is 4.53. The summed E-state index contributed by atoms with van der Waals surface area (Å²) in [5, 5.41) is 7.71. The summed E-state index contributed by atoms with van der Waals surface area (Å²) in [5.74, 6) is 1.38. The van der Waals surface area contributed by atoms with Crippen LogP contribution in [0.15, 0.2) is 29.4 Å². The number of aromatic nitrogens is 3. The summed E-state index contributed by atoms with van der Waals surface area (Å²) < 4.78 is 30.3. The van der Waals surface area contributed by atoms with Gasteiger partial charge in [-0.25, -0.2) is 8.42 Å². The SMILES string of the molecule is CC(C)c1cc(S(=O)(=O)Cl)ccc1OCc1nncn1C. The van der Waals surface area contributed by atoms with Crippen molar-refractivity contribution in [2.45, 2.75) is 31.3 Å². The number of rotatable bonds is 5. The topological polar surface area (TPSA) is 74.1 Å². The van der Waals surface area contributed by atoms with Crippen LogP contribution in [0.2, 0.25) is 0 Å². The predicted octanol–water partition coefficient (Wildman–Crippen LogP) is 2.45. The second kappa shape index (κ2) is 6.03. The molecule has 1 aromatic heterocycles. The van der Waals surface area contributed by atoms with E-state index in [0.29, 0.717) is 11.6 Å². The Labute approximate surface area is 128 Å². The molecule has 0 bridgehead atoms. The maximum absolute atomic E-state index is 11.4. The van der Waals surface area contributed by atoms with E-state index in [1.165, 1.54) is 6.07 Å². The number of nitrogens with zero attached hydrogens (tertiary/aromatic N) is 3. The summed E-state index contributed by atoms with van der Waals surface area (Å²) in [4.78, 5) is 0.0684. The van der Waals surface area contributed by atoms with Gasteiger partial charge >= 0.3 is 0 Å². The molecule has 0 aliphatic carbocycles. The fraction of sp³-hybridized carbons (Fsp3) is 0.385. The first-order valence-electron chi connectivity index (χ1n) is 6.33. The van der Waals surface area contributed by atoms with Crippen molar-refractivity contribution < 1.29 is 13.2 Å². The van der Waals surface area contributed by atoms with Crippen molar-refractivity contribution in [2.24, 2.45) is 7.05 Å². The Balaban J connectivity index is 2.29. The van der Waals surface area contributed by atoms with Gasteiger partial charge in [-0.05, 0) is 29.7 Å². The molecule has 0 saturated heterocycles. The summed E-state index contributed by atoms with van der Waals surface area (Å²) in [7, 11) is 3.45. The zero-order chi connectivity index (χ0) is 15.6. The van der Waals surface area contributed by atoms with Crippen molar-refractivity contribution in [2.75, 3.05) is 0 Å². The van der Waals surface area contributed by atoms with E-state index in [-0.39, 0.29) is 17.4 Å². The van der Waals surface area contributed by atoms with Gasteiger partial charge in [0.25, 0.3) is 9.05 Å². The Morgan fingerprint density at radius 1 is 1.38 bits per heavy atom. The van der Waals surface area contributed by atoms with Crippen LogP contribution in [0.4, 0.5) is 0 Å². The molecule has 1 aromatic carbocycles. The summed E-state index contributed by atoms with van der Waals surface area (Å²) in [6.45, 7) is 4.16. The highest BCUT2D eigenvalue weighted by Gasteiger charge is 2.16. The highest BCUT2D eigenvalue weighted by Crippen LogP contribution is 2.30. The number of aryl methyl sites for hydroxylation is 1. The second-order valence-corrected chi connectivity index (χ2v) is 7.50. The summed E-state index contributed by atoms with van der Waals surface area (Å²) >= 11 is 0. The Hall–Kier alpha value is -1.60. The molecule has 114 valence electrons. The van der Waals surface area contributed by atoms with Crippen LogP contribution in [0.5, 0.6) is 5.75 Å². The third-order valence-electron chi connectivity index (χ3n) is 3.05. The molecule has 2 aromatic rings. The van der Waals surface area contributed by atoms with E-state index in [1.807, 2.05) is 20.9 Å². The van der Waals surface area contributed by atoms with E-state index in [4.69, 9.17) is 15.4 Å². The van der Waals surface area contributed by atoms with Crippen molar-refractivity contribution in [1.82, 2.24) is 14.8 Å². The van der Waals surface area contributed by atoms with Crippen LogP contribution in [0.3, 0.4) is 0 Å². The van der Waals surface area contributed by atoms with Gasteiger partial charge in [-0.3, -0.25) is 0 Å². The first-order chi connectivity index (χ1) is 9.79. The highest BCUT2D eigenvalue weighted by atomic mass is 35.7. The minimum absolute atomic E-state index is 0.0684. The molecule has 8 heteroatoms. The quantitative estimate of drug-likeness (QED) is 0.788. The van der Waals surface area contributed by atoms with Gasteiger partial charge in [-0.1, -0.05) is 13.8 Å². The van der Waals surface area contributed by atoms with Crippen LogP contribution in [-0.2, 0) is 22.7 Å². The minimum Gasteiger partial charge on any atom is -0.485 e. The van der Waals surface area contributed by atoms with Crippen molar-refractivity contribution >= 4 is 19.7 Å². The summed E-state index contributed by atoms with van der Waals surface area (Å²) in [6, 6.07) is 4.58. The lowest BCUT2D eigenvalue weighted by Gasteiger charge is -2.14. The van der Waals surface area contributed by atoms with Gasteiger partial charge in [-0.2, -0.15) is 0 Å². The molecule has 0 fully saturated rings. The van der Waals surface area contributed by atoms with Crippen LogP contribution >= 0.6 is 10.7 Å². The third kappa shape index (κ3) is 3.74. The largest absolute Gasteiger partial charge is 0.485 e. The van der Waals surface area contributed by atoms with Gasteiger partial charge in [0.05, 0.1) is 4.90 Å². The molecule has 2 rings (SSSR count). The molecule has 1 heterocycles. The normalized spacial score (nSPS) is 11.9. The number of ether oxygens (including phenoxy) is 1. The number of hydrogen-bond acceptors (Lipinski definition) is 5. The third-order valence-corrected chi connectivity index (χ3v) is 4.40. The molecule has 6 nitrogen and oxygen atoms in total. The monoisotopic (exact) mass is 329 g/mol. The van der Waals surface area contributed by atoms with E-state index in [2.05, 4.69) is 10.2 Å². The molecule has 21 heavy (non-hydrogen) atoms. The average molecular weight is 330 g/mol. The lowest BCUT2D eigenvalue weighted by molar-refractivity contribution is 0.287. The molecule has 0 aliphatic rings. The Morgan fingerprint density at radius 2 is 2.10 bits per heavy atom. The van der Waals surface area contributed by atoms with Crippen LogP contribution in [0, 0.1) is 0 Å². The number of halogens is 1. The molecular formula is C13H16ClN3O3S. The van der Waals surface area contributed by atoms with Gasteiger partial charge in [0.1, 0.15) is 18.7 Å². The fourth-order valence-corrected chi connectivity index (χ4v) is 2.63. The minimum atomic E-state index is -3.75. The zero-order valence-corrected chi connectivity index (χ0v) is 13.5. The lowest BCUT2D eigenvalue weighted by Crippen LogP contribution is -2.05. The standard InChI is InChI=1S/C13H16ClN3O3S/c1-9(2)11-6-10(21(14,18)19)4-5-12(11)20-7-13-16-15-8-17(13)3/h4-6,8-9H,7H2,1-3H3. The maximum atomic E-state index is 11.4. The van der Waals surface area contributed by atoms with Crippen LogP contribution in [-0.4, -0.2) is 23.2 Å². The molecule has 0 N–H and O–H groups in total. The fourth-order valence-electron chi connectivity index (χ4n) is 1.84. The Bertz CT molecular complexity index is 741. The number of benzene rings is 1. The molecule has 0 unspecified atom stereocenters. The molecule has 0 aliphatic heterocycles. The van der Waals surface area contributed by atoms with Crippen molar-refractivity contribution in [3.8, 4) is 5.75 Å². The molecule has 0 radical (unpaired) electrons. The van der Waals surface area contributed by atoms with Crippen molar-refractivity contribution in [1.29, 1.82) is 0 Å². The van der Waals surface area contributed by atoms with Crippen LogP contribution in [0.25, 0.3) is 0 Å². The second-order valence-electron chi connectivity index (χ2n) is 4.94. The van der Waals surface area contributed by atoms with Crippen LogP contribution in [0.1, 0.15) is 31.2 Å². The van der Waals surface area contributed by atoms with Crippen molar-refractivity contribution in [3.05, 3.63) is 35.9 Å². The van der Waals surface area contributed by atoms with Gasteiger partial charge in [0.2, 0.25) is 0 Å². The van der Waals surface area contributed by atoms with E-state index in [1.54, 1.807) is 23.0 Å². The highest BCUT2D eigenvalue weighted by molar-refractivity contribution is 8.13. The van der Waals surface area contributed by atoms with E-state index < -0.39 is 9.05 Å². The van der Waals surface area contributed by atoms with Gasteiger partial charge in [-0.15, -0.1) is 10.2 Å². The van der Waals surface area contributed by atoms with Crippen molar-refractivity contribution in [3.63, 3.8) is 0 Å². The first kappa shape index (κ1) is 15.8. The molecule has 0 atom stereocenters.